The summed E-state index contributed by atoms with van der Waals surface area (Å²) in [4.78, 5) is 26.3. The molecule has 0 heterocycles. The van der Waals surface area contributed by atoms with Crippen LogP contribution >= 0.6 is 0 Å². The van der Waals surface area contributed by atoms with Crippen LogP contribution in [0.4, 0.5) is 4.79 Å². The van der Waals surface area contributed by atoms with Crippen LogP contribution in [-0.4, -0.2) is 18.0 Å². The zero-order valence-electron chi connectivity index (χ0n) is 12.8. The van der Waals surface area contributed by atoms with E-state index in [9.17, 15) is 9.59 Å². The van der Waals surface area contributed by atoms with Crippen LogP contribution in [-0.2, 0) is 22.6 Å². The topological polar surface area (TPSA) is 104 Å². The average molecular weight is 324 g/mol. The quantitative estimate of drug-likeness (QED) is 0.500. The van der Waals surface area contributed by atoms with Crippen LogP contribution in [0.2, 0.25) is 0 Å². The van der Waals surface area contributed by atoms with Crippen LogP contribution in [0.3, 0.4) is 0 Å². The van der Waals surface area contributed by atoms with Gasteiger partial charge in [0.2, 0.25) is 5.91 Å². The summed E-state index contributed by atoms with van der Waals surface area (Å²) in [7, 11) is 0. The highest BCUT2D eigenvalue weighted by atomic mass is 16.5. The van der Waals surface area contributed by atoms with Gasteiger partial charge < -0.3 is 10.1 Å². The third kappa shape index (κ3) is 5.47. The van der Waals surface area contributed by atoms with E-state index in [-0.39, 0.29) is 13.0 Å². The summed E-state index contributed by atoms with van der Waals surface area (Å²) in [5.41, 5.74) is 10.1. The van der Waals surface area contributed by atoms with Gasteiger partial charge in [0.25, 0.3) is 0 Å². The van der Waals surface area contributed by atoms with E-state index in [1.54, 1.807) is 0 Å². The van der Waals surface area contributed by atoms with Gasteiger partial charge in [-0.15, -0.1) is 0 Å². The van der Waals surface area contributed by atoms with Crippen molar-refractivity contribution in [3.8, 4) is 0 Å². The highest BCUT2D eigenvalue weighted by Crippen LogP contribution is 2.06. The van der Waals surface area contributed by atoms with Crippen molar-refractivity contribution < 1.29 is 14.3 Å². The van der Waals surface area contributed by atoms with Crippen molar-refractivity contribution in [3.05, 3.63) is 82.2 Å². The van der Waals surface area contributed by atoms with E-state index in [4.69, 9.17) is 10.3 Å². The van der Waals surface area contributed by atoms with E-state index < -0.39 is 18.0 Å². The van der Waals surface area contributed by atoms with Crippen LogP contribution in [0.15, 0.2) is 65.8 Å². The lowest BCUT2D eigenvalue weighted by Crippen LogP contribution is -2.41. The summed E-state index contributed by atoms with van der Waals surface area (Å²) >= 11 is 0. The Morgan fingerprint density at radius 3 is 2.21 bits per heavy atom. The molecule has 2 amide bonds. The number of nitrogens with one attached hydrogen (secondary N) is 1. The molecule has 24 heavy (non-hydrogen) atoms. The zero-order chi connectivity index (χ0) is 17.2. The maximum Gasteiger partial charge on any atom is 0.408 e. The summed E-state index contributed by atoms with van der Waals surface area (Å²) in [5.74, 6) is -0.766. The smallest absolute Gasteiger partial charge is 0.408 e. The molecule has 0 aliphatic heterocycles. The molecule has 1 atom stereocenters. The average Bonchev–Trinajstić information content (AvgIpc) is 2.61. The summed E-state index contributed by atoms with van der Waals surface area (Å²) in [6, 6.07) is 17.3. The Labute approximate surface area is 138 Å². The molecule has 0 fully saturated rings. The highest BCUT2D eigenvalue weighted by Gasteiger charge is 2.20. The van der Waals surface area contributed by atoms with Gasteiger partial charge in [0.15, 0.2) is 0 Å². The molecule has 0 saturated carbocycles. The molecular weight excluding hydrogens is 308 g/mol. The van der Waals surface area contributed by atoms with Gasteiger partial charge in [0.1, 0.15) is 12.6 Å². The lowest BCUT2D eigenvalue weighted by molar-refractivity contribution is -0.119. The van der Waals surface area contributed by atoms with Crippen molar-refractivity contribution in [2.45, 2.75) is 19.1 Å². The summed E-state index contributed by atoms with van der Waals surface area (Å²) in [5, 5.41) is 5.51. The van der Waals surface area contributed by atoms with Crippen molar-refractivity contribution in [3.63, 3.8) is 0 Å². The fourth-order valence-electron chi connectivity index (χ4n) is 2.07. The van der Waals surface area contributed by atoms with Crippen LogP contribution in [0.5, 0.6) is 0 Å². The molecule has 0 radical (unpaired) electrons. The second-order valence-electron chi connectivity index (χ2n) is 4.98. The molecule has 7 nitrogen and oxygen atoms in total. The number of amides is 2. The number of rotatable bonds is 6. The fraction of sp³-hybridized carbons (Fsp3) is 0.176. The zero-order valence-corrected chi connectivity index (χ0v) is 12.8. The molecule has 0 aliphatic carbocycles. The largest absolute Gasteiger partial charge is 0.445 e. The van der Waals surface area contributed by atoms with Gasteiger partial charge >= 0.3 is 6.09 Å². The second kappa shape index (κ2) is 8.97. The van der Waals surface area contributed by atoms with Crippen molar-refractivity contribution >= 4 is 12.0 Å². The number of nitrogens with zero attached hydrogens (tertiary/aromatic N) is 3. The number of hydrogen-bond acceptors (Lipinski definition) is 3. The first-order chi connectivity index (χ1) is 11.7. The number of alkyl carbamates (subject to hydrolysis) is 1. The minimum atomic E-state index is -0.980. The molecular formula is C17H16N4O3. The Morgan fingerprint density at radius 1 is 1.04 bits per heavy atom. The van der Waals surface area contributed by atoms with Gasteiger partial charge in [-0.05, 0) is 21.8 Å². The van der Waals surface area contributed by atoms with Gasteiger partial charge in [0.05, 0.1) is 0 Å². The maximum absolute atomic E-state index is 11.9. The van der Waals surface area contributed by atoms with Crippen molar-refractivity contribution in [1.82, 2.24) is 5.32 Å². The minimum absolute atomic E-state index is 0.0838. The normalized spacial score (nSPS) is 11.0. The van der Waals surface area contributed by atoms with Crippen LogP contribution in [0.25, 0.3) is 10.4 Å². The molecule has 0 spiro atoms. The Bertz CT molecular complexity index is 728. The molecule has 0 bridgehead atoms. The lowest BCUT2D eigenvalue weighted by Gasteiger charge is -2.15. The van der Waals surface area contributed by atoms with Crippen molar-refractivity contribution in [1.29, 1.82) is 0 Å². The summed E-state index contributed by atoms with van der Waals surface area (Å²) in [6.07, 6.45) is -0.541. The SMILES string of the molecule is [N-]=[N+]=NC(=O)[C@@H](Cc1ccccc1)NC(=O)OCc1ccccc1. The molecule has 2 rings (SSSR count). The fourth-order valence-corrected chi connectivity index (χ4v) is 2.07. The van der Waals surface area contributed by atoms with Crippen molar-refractivity contribution in [2.24, 2.45) is 5.11 Å². The van der Waals surface area contributed by atoms with E-state index in [1.807, 2.05) is 60.7 Å². The first-order valence-electron chi connectivity index (χ1n) is 7.29. The van der Waals surface area contributed by atoms with E-state index in [2.05, 4.69) is 15.3 Å². The van der Waals surface area contributed by atoms with Gasteiger partial charge in [-0.25, -0.2) is 4.79 Å². The van der Waals surface area contributed by atoms with Crippen LogP contribution in [0, 0.1) is 0 Å². The first-order valence-corrected chi connectivity index (χ1v) is 7.29. The molecule has 0 aromatic heterocycles. The highest BCUT2D eigenvalue weighted by molar-refractivity contribution is 5.86. The number of azide groups is 1. The second-order valence-corrected chi connectivity index (χ2v) is 4.98. The van der Waals surface area contributed by atoms with E-state index in [0.29, 0.717) is 0 Å². The summed E-state index contributed by atoms with van der Waals surface area (Å²) < 4.78 is 5.09. The molecule has 122 valence electrons. The van der Waals surface area contributed by atoms with E-state index >= 15 is 0 Å². The Morgan fingerprint density at radius 2 is 1.62 bits per heavy atom. The molecule has 0 aliphatic rings. The first kappa shape index (κ1) is 17.1. The number of carbonyl (C=O) groups excluding carboxylic acids is 2. The number of ether oxygens (including phenoxy) is 1. The number of carbonyl (C=O) groups is 2. The number of benzene rings is 2. The third-order valence-corrected chi connectivity index (χ3v) is 3.23. The predicted octanol–water partition coefficient (Wildman–Crippen LogP) is 3.36. The van der Waals surface area contributed by atoms with Gasteiger partial charge in [-0.1, -0.05) is 60.7 Å². The molecule has 2 aromatic carbocycles. The molecule has 0 saturated heterocycles. The van der Waals surface area contributed by atoms with Gasteiger partial charge in [-0.2, -0.15) is 0 Å². The molecule has 0 unspecified atom stereocenters. The van der Waals surface area contributed by atoms with E-state index in [0.717, 1.165) is 11.1 Å². The van der Waals surface area contributed by atoms with Crippen molar-refractivity contribution in [2.75, 3.05) is 0 Å². The molecule has 2 aromatic rings. The standard InChI is InChI=1S/C17H16N4O3/c18-21-20-16(22)15(11-13-7-3-1-4-8-13)19-17(23)24-12-14-9-5-2-6-10-14/h1-10,15H,11-12H2,(H,19,23)/t15-/m1/s1. The Kier molecular flexibility index (Phi) is 6.37. The van der Waals surface area contributed by atoms with E-state index in [1.165, 1.54) is 0 Å². The third-order valence-electron chi connectivity index (χ3n) is 3.23. The number of hydrogen-bond donors (Lipinski definition) is 1. The molecule has 7 heteroatoms. The van der Waals surface area contributed by atoms with Gasteiger partial charge in [0, 0.05) is 11.3 Å². The maximum atomic E-state index is 11.9. The lowest BCUT2D eigenvalue weighted by atomic mass is 10.1. The Balaban J connectivity index is 1.97. The summed E-state index contributed by atoms with van der Waals surface area (Å²) in [6.45, 7) is 0.0838. The monoisotopic (exact) mass is 324 g/mol. The van der Waals surface area contributed by atoms with Crippen LogP contribution in [0.1, 0.15) is 11.1 Å². The predicted molar refractivity (Wildman–Crippen MR) is 87.8 cm³/mol. The minimum Gasteiger partial charge on any atom is -0.445 e. The Hall–Kier alpha value is -3.31. The van der Waals surface area contributed by atoms with Crippen LogP contribution < -0.4 is 5.32 Å². The van der Waals surface area contributed by atoms with Gasteiger partial charge in [-0.3, -0.25) is 4.79 Å². The molecule has 1 N–H and O–H groups in total.